The highest BCUT2D eigenvalue weighted by Crippen LogP contribution is 2.22. The molecule has 0 heterocycles. The largest absolute Gasteiger partial charge is 0.444 e. The van der Waals surface area contributed by atoms with Crippen LogP contribution in [0.2, 0.25) is 0 Å². The first-order chi connectivity index (χ1) is 20.3. The first-order valence-corrected chi connectivity index (χ1v) is 14.1. The summed E-state index contributed by atoms with van der Waals surface area (Å²) in [7, 11) is 1.89. The minimum Gasteiger partial charge on any atom is -0.444 e. The van der Waals surface area contributed by atoms with Crippen LogP contribution in [-0.2, 0) is 27.2 Å². The van der Waals surface area contributed by atoms with Gasteiger partial charge in [-0.3, -0.25) is 10.1 Å². The molecule has 3 rings (SSSR count). The van der Waals surface area contributed by atoms with Crippen LogP contribution in [0.4, 0.5) is 15.3 Å². The predicted molar refractivity (Wildman–Crippen MR) is 171 cm³/mol. The van der Waals surface area contributed by atoms with Gasteiger partial charge in [-0.1, -0.05) is 72.8 Å². The van der Waals surface area contributed by atoms with Crippen LogP contribution in [0, 0.1) is 0 Å². The Morgan fingerprint density at radius 2 is 1.37 bits per heavy atom. The molecule has 0 spiro atoms. The second-order valence-corrected chi connectivity index (χ2v) is 11.7. The van der Waals surface area contributed by atoms with Crippen LogP contribution in [-0.4, -0.2) is 42.7 Å². The summed E-state index contributed by atoms with van der Waals surface area (Å²) in [5, 5.41) is 8.43. The Hall–Kier alpha value is -4.66. The summed E-state index contributed by atoms with van der Waals surface area (Å²) in [5.74, 6) is -0.152. The smallest absolute Gasteiger partial charge is 0.435 e. The van der Waals surface area contributed by atoms with E-state index >= 15 is 0 Å². The van der Waals surface area contributed by atoms with Gasteiger partial charge in [-0.2, -0.15) is 4.99 Å². The number of aliphatic imine (C=N–C) groups is 1. The summed E-state index contributed by atoms with van der Waals surface area (Å²) in [4.78, 5) is 38.6. The van der Waals surface area contributed by atoms with Crippen molar-refractivity contribution in [1.29, 1.82) is 0 Å². The highest BCUT2D eigenvalue weighted by atomic mass is 16.6. The molecule has 3 aromatic carbocycles. The molecular formula is C34H44N4O5. The van der Waals surface area contributed by atoms with E-state index in [-0.39, 0.29) is 11.8 Å². The number of ether oxygens (including phenoxy) is 2. The molecule has 43 heavy (non-hydrogen) atoms. The molecule has 3 aromatic rings. The van der Waals surface area contributed by atoms with Gasteiger partial charge < -0.3 is 20.1 Å². The minimum absolute atomic E-state index is 0.0508. The Kier molecular flexibility index (Phi) is 13.4. The summed E-state index contributed by atoms with van der Waals surface area (Å²) in [6.07, 6.45) is 0.188. The number of nitrogens with one attached hydrogen (secondary N) is 3. The molecule has 0 bridgehead atoms. The molecule has 0 fully saturated rings. The number of carbonyl (C=O) groups is 3. The maximum absolute atomic E-state index is 12.9. The van der Waals surface area contributed by atoms with E-state index in [1.165, 1.54) is 0 Å². The predicted octanol–water partition coefficient (Wildman–Crippen LogP) is 6.85. The highest BCUT2D eigenvalue weighted by molar-refractivity contribution is 5.87. The van der Waals surface area contributed by atoms with Gasteiger partial charge in [0.15, 0.2) is 0 Å². The van der Waals surface area contributed by atoms with Crippen LogP contribution in [0.5, 0.6) is 0 Å². The Labute approximate surface area is 255 Å². The average Bonchev–Trinajstić information content (AvgIpc) is 2.94. The zero-order valence-electron chi connectivity index (χ0n) is 26.1. The number of benzene rings is 3. The second kappa shape index (κ2) is 16.7. The van der Waals surface area contributed by atoms with Crippen LogP contribution in [0.25, 0.3) is 0 Å². The van der Waals surface area contributed by atoms with Crippen molar-refractivity contribution in [3.63, 3.8) is 0 Å². The van der Waals surface area contributed by atoms with Crippen LogP contribution < -0.4 is 16.0 Å². The summed E-state index contributed by atoms with van der Waals surface area (Å²) in [5.41, 5.74) is 3.12. The Bertz CT molecular complexity index is 1330. The number of alkyl carbamates (subject to hydrolysis) is 1. The Balaban J connectivity index is 0.000000332. The van der Waals surface area contributed by atoms with Crippen molar-refractivity contribution in [2.75, 3.05) is 12.4 Å². The second-order valence-electron chi connectivity index (χ2n) is 11.7. The van der Waals surface area contributed by atoms with Crippen molar-refractivity contribution in [3.8, 4) is 0 Å². The first-order valence-electron chi connectivity index (χ1n) is 14.1. The lowest BCUT2D eigenvalue weighted by atomic mass is 9.91. The highest BCUT2D eigenvalue weighted by Gasteiger charge is 2.21. The van der Waals surface area contributed by atoms with Gasteiger partial charge in [-0.25, -0.2) is 9.59 Å². The van der Waals surface area contributed by atoms with Gasteiger partial charge in [-0.15, -0.1) is 0 Å². The van der Waals surface area contributed by atoms with Crippen molar-refractivity contribution in [3.05, 3.63) is 102 Å². The van der Waals surface area contributed by atoms with Gasteiger partial charge in [0.05, 0.1) is 5.92 Å². The van der Waals surface area contributed by atoms with Crippen LogP contribution in [0.15, 0.2) is 89.9 Å². The third-order valence-corrected chi connectivity index (χ3v) is 5.63. The van der Waals surface area contributed by atoms with Crippen molar-refractivity contribution in [2.45, 2.75) is 71.6 Å². The molecule has 0 saturated heterocycles. The molecule has 0 aliphatic rings. The normalized spacial score (nSPS) is 11.9. The lowest BCUT2D eigenvalue weighted by Crippen LogP contribution is -2.32. The van der Waals surface area contributed by atoms with E-state index in [9.17, 15) is 14.4 Å². The third kappa shape index (κ3) is 14.7. The fraction of sp³-hybridized carbons (Fsp3) is 0.353. The zero-order chi connectivity index (χ0) is 31.9. The van der Waals surface area contributed by atoms with Gasteiger partial charge in [0.25, 0.3) is 0 Å². The number of amides is 3. The Morgan fingerprint density at radius 3 is 1.95 bits per heavy atom. The number of nitrogens with zero attached hydrogens (tertiary/aromatic N) is 1. The molecule has 230 valence electrons. The number of hydrogen-bond acceptors (Lipinski definition) is 6. The molecule has 0 aliphatic heterocycles. The molecule has 0 aliphatic carbocycles. The van der Waals surface area contributed by atoms with Gasteiger partial charge in [-0.05, 0) is 76.8 Å². The lowest BCUT2D eigenvalue weighted by Gasteiger charge is -2.18. The first kappa shape index (κ1) is 34.5. The summed E-state index contributed by atoms with van der Waals surface area (Å²) in [6.45, 7) is 10.9. The molecular weight excluding hydrogens is 544 g/mol. The molecule has 0 aromatic heterocycles. The van der Waals surface area contributed by atoms with Crippen molar-refractivity contribution >= 4 is 30.1 Å². The molecule has 9 nitrogen and oxygen atoms in total. The quantitative estimate of drug-likeness (QED) is 0.196. The van der Waals surface area contributed by atoms with Crippen molar-refractivity contribution in [1.82, 2.24) is 10.6 Å². The van der Waals surface area contributed by atoms with Crippen molar-refractivity contribution < 1.29 is 23.9 Å². The zero-order valence-corrected chi connectivity index (χ0v) is 26.1. The lowest BCUT2D eigenvalue weighted by molar-refractivity contribution is -0.122. The maximum Gasteiger partial charge on any atom is 0.435 e. The minimum atomic E-state index is -0.770. The fourth-order valence-corrected chi connectivity index (χ4v) is 3.78. The van der Waals surface area contributed by atoms with E-state index in [1.54, 1.807) is 41.5 Å². The molecule has 3 amide bonds. The summed E-state index contributed by atoms with van der Waals surface area (Å²) < 4.78 is 9.82. The Morgan fingerprint density at radius 1 is 0.791 bits per heavy atom. The van der Waals surface area contributed by atoms with E-state index in [2.05, 4.69) is 39.1 Å². The van der Waals surface area contributed by atoms with Gasteiger partial charge in [0.1, 0.15) is 17.5 Å². The van der Waals surface area contributed by atoms with E-state index in [1.807, 2.05) is 73.8 Å². The van der Waals surface area contributed by atoms with E-state index in [4.69, 9.17) is 9.47 Å². The standard InChI is InChI=1S/C23H24N2O.C11H20N2O4/c1-24-21-14-8-11-19(15-21)17-25-23(26)22(20-12-6-3-7-13-20)16-18-9-4-2-5-10-18;1-10(2,3)16-8(14)12-7-13-9(15)17-11(4,5)6/h2-15,22,24H,16-17H2,1H3,(H,25,26);7H,1-6H3,(H,12,13,14,15). The number of hydrogen-bond donors (Lipinski definition) is 3. The fourth-order valence-electron chi connectivity index (χ4n) is 3.78. The van der Waals surface area contributed by atoms with E-state index < -0.39 is 23.4 Å². The molecule has 9 heteroatoms. The molecule has 1 unspecified atom stereocenters. The summed E-state index contributed by atoms with van der Waals surface area (Å²) in [6, 6.07) is 28.2. The molecule has 1 atom stereocenters. The average molecular weight is 589 g/mol. The molecule has 3 N–H and O–H groups in total. The monoisotopic (exact) mass is 588 g/mol. The van der Waals surface area contributed by atoms with Gasteiger partial charge in [0.2, 0.25) is 5.91 Å². The van der Waals surface area contributed by atoms with E-state index in [0.29, 0.717) is 13.0 Å². The van der Waals surface area contributed by atoms with Crippen LogP contribution in [0.1, 0.15) is 64.2 Å². The number of anilines is 1. The SMILES string of the molecule is CC(C)(C)OC(=O)/N=C/NC(=O)OC(C)(C)C.CNc1cccc(CNC(=O)C(Cc2ccccc2)c2ccccc2)c1. The number of rotatable bonds is 8. The molecule has 0 radical (unpaired) electrons. The topological polar surface area (TPSA) is 118 Å². The third-order valence-electron chi connectivity index (χ3n) is 5.63. The number of carbonyl (C=O) groups excluding carboxylic acids is 3. The van der Waals surface area contributed by atoms with Crippen LogP contribution in [0.3, 0.4) is 0 Å². The van der Waals surface area contributed by atoms with Crippen LogP contribution >= 0.6 is 0 Å². The van der Waals surface area contributed by atoms with Gasteiger partial charge >= 0.3 is 12.2 Å². The van der Waals surface area contributed by atoms with Gasteiger partial charge in [0, 0.05) is 19.3 Å². The van der Waals surface area contributed by atoms with Crippen molar-refractivity contribution in [2.24, 2.45) is 4.99 Å². The summed E-state index contributed by atoms with van der Waals surface area (Å²) >= 11 is 0. The maximum atomic E-state index is 12.9. The molecule has 0 saturated carbocycles. The van der Waals surface area contributed by atoms with E-state index in [0.717, 1.165) is 28.7 Å².